The van der Waals surface area contributed by atoms with Gasteiger partial charge < -0.3 is 4.98 Å². The van der Waals surface area contributed by atoms with Crippen molar-refractivity contribution in [3.8, 4) is 0 Å². The summed E-state index contributed by atoms with van der Waals surface area (Å²) in [6.07, 6.45) is 2.63. The third-order valence-corrected chi connectivity index (χ3v) is 0.777. The van der Waals surface area contributed by atoms with Crippen LogP contribution >= 0.6 is 11.3 Å². The van der Waals surface area contributed by atoms with Gasteiger partial charge in [0.05, 0.1) is 0 Å². The average molecular weight is 91.1 g/mol. The van der Waals surface area contributed by atoms with E-state index in [1.165, 1.54) is 0 Å². The van der Waals surface area contributed by atoms with Gasteiger partial charge in [-0.1, -0.05) is 10.9 Å². The first kappa shape index (κ1) is 6.23. The summed E-state index contributed by atoms with van der Waals surface area (Å²) in [5.74, 6) is 0. The molecule has 1 rings (SSSR count). The van der Waals surface area contributed by atoms with E-state index in [-0.39, 0.29) is 18.9 Å². The molecule has 0 bridgehead atoms. The van der Waals surface area contributed by atoms with Gasteiger partial charge in [-0.3, -0.25) is 11.3 Å². The predicted molar refractivity (Wildman–Crippen MR) is 20.9 cm³/mol. The maximum atomic E-state index is 3.62. The number of hydrogen-bond acceptors (Lipinski definition) is 2. The van der Waals surface area contributed by atoms with E-state index in [1.807, 2.05) is 0 Å². The molecule has 0 aliphatic heterocycles. The first-order chi connectivity index (χ1) is 2.50. The smallest absolute Gasteiger partial charge is 0.448 e. The maximum absolute atomic E-state index is 3.62. The Morgan fingerprint density at radius 3 is 2.67 bits per heavy atom. The van der Waals surface area contributed by atoms with Crippen LogP contribution in [-0.4, -0.2) is 4.98 Å². The van der Waals surface area contributed by atoms with Crippen LogP contribution in [0.1, 0.15) is 0 Å². The van der Waals surface area contributed by atoms with E-state index < -0.39 is 0 Å². The molecule has 0 fully saturated rings. The van der Waals surface area contributed by atoms with E-state index in [4.69, 9.17) is 0 Å². The molecule has 6 heavy (non-hydrogen) atoms. The SMILES string of the molecule is [Li+].[c-]1cscn1. The van der Waals surface area contributed by atoms with Crippen molar-refractivity contribution < 1.29 is 18.9 Å². The Morgan fingerprint density at radius 2 is 2.50 bits per heavy atom. The molecule has 0 unspecified atom stereocenters. The van der Waals surface area contributed by atoms with Crippen molar-refractivity contribution in [3.05, 3.63) is 17.1 Å². The molecule has 1 heterocycles. The molecule has 1 aromatic rings. The van der Waals surface area contributed by atoms with Crippen molar-refractivity contribution in [3.63, 3.8) is 0 Å². The second-order valence-electron chi connectivity index (χ2n) is 0.618. The van der Waals surface area contributed by atoms with Crippen LogP contribution in [-0.2, 0) is 0 Å². The van der Waals surface area contributed by atoms with Crippen LogP contribution in [0.5, 0.6) is 0 Å². The average Bonchev–Trinajstić information content (AvgIpc) is 1.76. The number of hydrogen-bond donors (Lipinski definition) is 0. The Bertz CT molecular complexity index is 67.3. The fourth-order valence-electron chi connectivity index (χ4n) is 0.152. The van der Waals surface area contributed by atoms with E-state index in [0.29, 0.717) is 0 Å². The van der Waals surface area contributed by atoms with Crippen LogP contribution in [0.25, 0.3) is 0 Å². The summed E-state index contributed by atoms with van der Waals surface area (Å²) in [7, 11) is 0. The summed E-state index contributed by atoms with van der Waals surface area (Å²) in [4.78, 5) is 3.62. The maximum Gasteiger partial charge on any atom is 1.00 e. The van der Waals surface area contributed by atoms with E-state index in [0.717, 1.165) is 0 Å². The standard InChI is InChI=1S/C3H2NS.Li/c1-2-5-3-4-1;/h2-3H;/q-1;+1. The molecule has 0 N–H and O–H groups in total. The van der Waals surface area contributed by atoms with Crippen LogP contribution in [0.15, 0.2) is 10.9 Å². The Morgan fingerprint density at radius 1 is 1.67 bits per heavy atom. The van der Waals surface area contributed by atoms with Gasteiger partial charge in [-0.15, -0.1) is 6.20 Å². The Hall–Kier alpha value is 0.227. The van der Waals surface area contributed by atoms with Crippen molar-refractivity contribution in [2.24, 2.45) is 0 Å². The molecule has 0 amide bonds. The topological polar surface area (TPSA) is 12.9 Å². The molecule has 26 valence electrons. The summed E-state index contributed by atoms with van der Waals surface area (Å²) >= 11 is 1.55. The van der Waals surface area contributed by atoms with Gasteiger partial charge in [0, 0.05) is 0 Å². The summed E-state index contributed by atoms with van der Waals surface area (Å²) < 4.78 is 0. The molecule has 0 atom stereocenters. The van der Waals surface area contributed by atoms with Gasteiger partial charge >= 0.3 is 18.9 Å². The number of nitrogens with zero attached hydrogens (tertiary/aromatic N) is 1. The Labute approximate surface area is 52.6 Å². The van der Waals surface area contributed by atoms with Gasteiger partial charge in [0.25, 0.3) is 0 Å². The minimum Gasteiger partial charge on any atom is -0.448 e. The van der Waals surface area contributed by atoms with Crippen molar-refractivity contribution in [2.45, 2.75) is 0 Å². The molecule has 3 heteroatoms. The molecule has 1 nitrogen and oxygen atoms in total. The van der Waals surface area contributed by atoms with Gasteiger partial charge in [0.2, 0.25) is 0 Å². The molecule has 1 aromatic heterocycles. The molecular weight excluding hydrogens is 89.0 g/mol. The second kappa shape index (κ2) is 3.42. The predicted octanol–water partition coefficient (Wildman–Crippen LogP) is -2.05. The third kappa shape index (κ3) is 1.61. The van der Waals surface area contributed by atoms with Crippen molar-refractivity contribution in [1.82, 2.24) is 4.98 Å². The minimum atomic E-state index is 0. The van der Waals surface area contributed by atoms with Crippen molar-refractivity contribution >= 4 is 11.3 Å². The van der Waals surface area contributed by atoms with E-state index in [1.54, 1.807) is 22.2 Å². The summed E-state index contributed by atoms with van der Waals surface area (Å²) in [5, 5.41) is 1.81. The molecular formula is C3H2LiNS. The van der Waals surface area contributed by atoms with Crippen LogP contribution in [0.4, 0.5) is 0 Å². The van der Waals surface area contributed by atoms with Gasteiger partial charge in [-0.05, 0) is 0 Å². The van der Waals surface area contributed by atoms with Crippen molar-refractivity contribution in [2.75, 3.05) is 0 Å². The van der Waals surface area contributed by atoms with E-state index >= 15 is 0 Å². The van der Waals surface area contributed by atoms with Crippen LogP contribution in [0, 0.1) is 6.20 Å². The van der Waals surface area contributed by atoms with Crippen LogP contribution in [0.3, 0.4) is 0 Å². The van der Waals surface area contributed by atoms with Gasteiger partial charge in [-0.25, -0.2) is 0 Å². The zero-order valence-electron chi connectivity index (χ0n) is 3.51. The monoisotopic (exact) mass is 91.0 g/mol. The molecule has 0 aromatic carbocycles. The Balaban J connectivity index is 0.000000250. The molecule has 0 radical (unpaired) electrons. The Kier molecular flexibility index (Phi) is 3.55. The summed E-state index contributed by atoms with van der Waals surface area (Å²) in [6, 6.07) is 0. The van der Waals surface area contributed by atoms with E-state index in [9.17, 15) is 0 Å². The van der Waals surface area contributed by atoms with Crippen molar-refractivity contribution in [1.29, 1.82) is 0 Å². The quantitative estimate of drug-likeness (QED) is 0.264. The number of aromatic nitrogens is 1. The fraction of sp³-hybridized carbons (Fsp3) is 0. The molecule has 0 spiro atoms. The van der Waals surface area contributed by atoms with E-state index in [2.05, 4.69) is 11.2 Å². The van der Waals surface area contributed by atoms with Gasteiger partial charge in [0.1, 0.15) is 0 Å². The first-order valence-electron chi connectivity index (χ1n) is 1.24. The van der Waals surface area contributed by atoms with Gasteiger partial charge in [-0.2, -0.15) is 0 Å². The second-order valence-corrected chi connectivity index (χ2v) is 1.34. The molecule has 0 saturated heterocycles. The largest absolute Gasteiger partial charge is 1.00 e. The summed E-state index contributed by atoms with van der Waals surface area (Å²) in [5.41, 5.74) is 1.74. The number of thiazole rings is 1. The normalized spacial score (nSPS) is 6.67. The van der Waals surface area contributed by atoms with Crippen LogP contribution in [0.2, 0.25) is 0 Å². The zero-order valence-corrected chi connectivity index (χ0v) is 4.33. The number of rotatable bonds is 0. The summed E-state index contributed by atoms with van der Waals surface area (Å²) in [6.45, 7) is 0. The van der Waals surface area contributed by atoms with Crippen LogP contribution < -0.4 is 18.9 Å². The zero-order chi connectivity index (χ0) is 3.54. The first-order valence-corrected chi connectivity index (χ1v) is 2.18. The third-order valence-electron chi connectivity index (χ3n) is 0.309. The molecule has 0 saturated carbocycles. The fourth-order valence-corrected chi connectivity index (χ4v) is 0.456. The molecule has 0 aliphatic carbocycles. The van der Waals surface area contributed by atoms with Gasteiger partial charge in [0.15, 0.2) is 0 Å². The molecule has 0 aliphatic rings. The minimum absolute atomic E-state index is 0.